The summed E-state index contributed by atoms with van der Waals surface area (Å²) in [4.78, 5) is 37.2. The first kappa shape index (κ1) is 24.3. The van der Waals surface area contributed by atoms with Crippen LogP contribution in [0.5, 0.6) is 5.75 Å². The zero-order valence-corrected chi connectivity index (χ0v) is 20.5. The van der Waals surface area contributed by atoms with Gasteiger partial charge in [0, 0.05) is 5.69 Å². The van der Waals surface area contributed by atoms with Crippen LogP contribution in [0, 0.1) is 6.92 Å². The van der Waals surface area contributed by atoms with Crippen LogP contribution in [0.1, 0.15) is 31.7 Å². The van der Waals surface area contributed by atoms with E-state index in [0.29, 0.717) is 17.4 Å². The van der Waals surface area contributed by atoms with Gasteiger partial charge >= 0.3 is 6.03 Å². The van der Waals surface area contributed by atoms with Gasteiger partial charge in [0.1, 0.15) is 17.9 Å². The lowest BCUT2D eigenvalue weighted by molar-refractivity contribution is -0.137. The van der Waals surface area contributed by atoms with Crippen LogP contribution in [0.4, 0.5) is 4.79 Å². The summed E-state index contributed by atoms with van der Waals surface area (Å²) < 4.78 is 7.78. The third kappa shape index (κ3) is 5.14. The number of hydrogen-bond donors (Lipinski definition) is 2. The molecule has 1 aliphatic rings. The van der Waals surface area contributed by atoms with Crippen molar-refractivity contribution in [2.45, 2.75) is 44.5 Å². The molecule has 182 valence electrons. The molecule has 1 aliphatic heterocycles. The van der Waals surface area contributed by atoms with E-state index >= 15 is 0 Å². The summed E-state index contributed by atoms with van der Waals surface area (Å²) in [6.45, 7) is 5.55. The maximum absolute atomic E-state index is 12.6. The van der Waals surface area contributed by atoms with E-state index in [4.69, 9.17) is 4.74 Å². The fraction of sp³-hybridized carbons (Fsp3) is 0.292. The molecule has 10 nitrogen and oxygen atoms in total. The number of nitrogens with one attached hydrogen (secondary N) is 2. The molecule has 4 amide bonds. The fourth-order valence-electron chi connectivity index (χ4n) is 3.50. The lowest BCUT2D eigenvalue weighted by Crippen LogP contribution is -2.49. The lowest BCUT2D eigenvalue weighted by Gasteiger charge is -2.19. The van der Waals surface area contributed by atoms with Crippen molar-refractivity contribution in [2.24, 2.45) is 0 Å². The predicted molar refractivity (Wildman–Crippen MR) is 130 cm³/mol. The molecule has 2 heterocycles. The molecule has 1 fully saturated rings. The Morgan fingerprint density at radius 1 is 1.11 bits per heavy atom. The number of aryl methyl sites for hydroxylation is 1. The number of rotatable bonds is 9. The van der Waals surface area contributed by atoms with Crippen LogP contribution in [0.2, 0.25) is 0 Å². The summed E-state index contributed by atoms with van der Waals surface area (Å²) in [7, 11) is 0. The number of hydrazine groups is 1. The normalized spacial score (nSPS) is 17.4. The number of urea groups is 1. The van der Waals surface area contributed by atoms with Gasteiger partial charge in [0.2, 0.25) is 5.91 Å². The highest BCUT2D eigenvalue weighted by Gasteiger charge is 2.47. The molecule has 1 saturated heterocycles. The van der Waals surface area contributed by atoms with Crippen LogP contribution in [-0.4, -0.2) is 48.9 Å². The van der Waals surface area contributed by atoms with E-state index in [9.17, 15) is 14.4 Å². The lowest BCUT2D eigenvalue weighted by atomic mass is 10.00. The summed E-state index contributed by atoms with van der Waals surface area (Å²) in [5, 5.41) is 12.3. The van der Waals surface area contributed by atoms with Gasteiger partial charge in [0.25, 0.3) is 5.91 Å². The van der Waals surface area contributed by atoms with E-state index in [1.165, 1.54) is 0 Å². The number of ether oxygens (including phenoxy) is 1. The van der Waals surface area contributed by atoms with Crippen molar-refractivity contribution < 1.29 is 19.1 Å². The number of imide groups is 1. The highest BCUT2D eigenvalue weighted by atomic mass is 32.2. The molecular formula is C24H26N6O4S. The largest absolute Gasteiger partial charge is 0.485 e. The highest BCUT2D eigenvalue weighted by Crippen LogP contribution is 2.24. The van der Waals surface area contributed by atoms with Gasteiger partial charge in [-0.2, -0.15) is 5.01 Å². The summed E-state index contributed by atoms with van der Waals surface area (Å²) in [6, 6.07) is 16.5. The molecule has 1 aromatic heterocycles. The average molecular weight is 495 g/mol. The second-order valence-electron chi connectivity index (χ2n) is 8.20. The molecule has 0 spiro atoms. The Balaban J connectivity index is 1.48. The number of thioether (sulfide) groups is 1. The molecule has 2 aromatic carbocycles. The number of benzene rings is 2. The van der Waals surface area contributed by atoms with Crippen LogP contribution in [-0.2, 0) is 16.2 Å². The number of carbonyl (C=O) groups is 3. The van der Waals surface area contributed by atoms with Crippen molar-refractivity contribution in [3.8, 4) is 11.4 Å². The van der Waals surface area contributed by atoms with Gasteiger partial charge in [0.15, 0.2) is 11.0 Å². The first-order chi connectivity index (χ1) is 16.8. The van der Waals surface area contributed by atoms with Gasteiger partial charge in [-0.3, -0.25) is 19.6 Å². The SMILES string of the molecule is CCC1(C)NC(=O)N(NC(=O)CSc2nnc(COc3ccccc3C)n2-c2ccccc2)C1=O. The summed E-state index contributed by atoms with van der Waals surface area (Å²) >= 11 is 1.14. The summed E-state index contributed by atoms with van der Waals surface area (Å²) in [6.07, 6.45) is 0.409. The Bertz CT molecular complexity index is 1250. The van der Waals surface area contributed by atoms with E-state index in [1.54, 1.807) is 13.8 Å². The van der Waals surface area contributed by atoms with Gasteiger partial charge in [-0.25, -0.2) is 4.79 Å². The van der Waals surface area contributed by atoms with Gasteiger partial charge in [0.05, 0.1) is 5.75 Å². The standard InChI is InChI=1S/C24H26N6O4S/c1-4-24(3)21(32)30(22(33)25-24)28-20(31)15-35-23-27-26-19(29(23)17-11-6-5-7-12-17)14-34-18-13-9-8-10-16(18)2/h5-13H,4,14-15H2,1-3H3,(H,25,33)(H,28,31). The minimum Gasteiger partial charge on any atom is -0.485 e. The Kier molecular flexibility index (Phi) is 7.06. The molecule has 3 aromatic rings. The van der Waals surface area contributed by atoms with Crippen molar-refractivity contribution in [1.29, 1.82) is 0 Å². The first-order valence-corrected chi connectivity index (χ1v) is 12.1. The van der Waals surface area contributed by atoms with E-state index < -0.39 is 23.4 Å². The van der Waals surface area contributed by atoms with Gasteiger partial charge in [-0.1, -0.05) is 55.1 Å². The zero-order chi connectivity index (χ0) is 25.0. The second-order valence-corrected chi connectivity index (χ2v) is 9.15. The number of amides is 4. The molecule has 35 heavy (non-hydrogen) atoms. The third-order valence-electron chi connectivity index (χ3n) is 5.70. The van der Waals surface area contributed by atoms with Gasteiger partial charge in [-0.15, -0.1) is 10.2 Å². The van der Waals surface area contributed by atoms with E-state index in [0.717, 1.165) is 33.8 Å². The van der Waals surface area contributed by atoms with Crippen LogP contribution >= 0.6 is 11.8 Å². The van der Waals surface area contributed by atoms with E-state index in [2.05, 4.69) is 20.9 Å². The van der Waals surface area contributed by atoms with Gasteiger partial charge < -0.3 is 10.1 Å². The van der Waals surface area contributed by atoms with Crippen LogP contribution in [0.25, 0.3) is 5.69 Å². The van der Waals surface area contributed by atoms with Gasteiger partial charge in [-0.05, 0) is 44.0 Å². The Morgan fingerprint density at radius 2 is 1.83 bits per heavy atom. The minimum atomic E-state index is -1.03. The van der Waals surface area contributed by atoms with Crippen molar-refractivity contribution in [3.05, 3.63) is 66.0 Å². The van der Waals surface area contributed by atoms with Crippen LogP contribution in [0.3, 0.4) is 0 Å². The minimum absolute atomic E-state index is 0.0798. The molecular weight excluding hydrogens is 468 g/mol. The Morgan fingerprint density at radius 3 is 2.51 bits per heavy atom. The quantitative estimate of drug-likeness (QED) is 0.347. The molecule has 0 aliphatic carbocycles. The maximum Gasteiger partial charge on any atom is 0.344 e. The van der Waals surface area contributed by atoms with E-state index in [-0.39, 0.29) is 12.4 Å². The molecule has 11 heteroatoms. The van der Waals surface area contributed by atoms with Crippen molar-refractivity contribution >= 4 is 29.6 Å². The Labute approximate surface area is 207 Å². The predicted octanol–water partition coefficient (Wildman–Crippen LogP) is 3.00. The van der Waals surface area contributed by atoms with Crippen LogP contribution in [0.15, 0.2) is 59.8 Å². The van der Waals surface area contributed by atoms with Crippen molar-refractivity contribution in [2.75, 3.05) is 5.75 Å². The maximum atomic E-state index is 12.6. The molecule has 1 unspecified atom stereocenters. The molecule has 1 atom stereocenters. The zero-order valence-electron chi connectivity index (χ0n) is 19.6. The molecule has 0 radical (unpaired) electrons. The Hall–Kier alpha value is -3.86. The molecule has 4 rings (SSSR count). The second kappa shape index (κ2) is 10.2. The summed E-state index contributed by atoms with van der Waals surface area (Å²) in [5.41, 5.74) is 3.18. The number of nitrogens with zero attached hydrogens (tertiary/aromatic N) is 4. The smallest absolute Gasteiger partial charge is 0.344 e. The average Bonchev–Trinajstić information content (AvgIpc) is 3.36. The molecule has 0 bridgehead atoms. The molecule has 2 N–H and O–H groups in total. The third-order valence-corrected chi connectivity index (χ3v) is 6.63. The topological polar surface area (TPSA) is 118 Å². The highest BCUT2D eigenvalue weighted by molar-refractivity contribution is 7.99. The van der Waals surface area contributed by atoms with E-state index in [1.807, 2.05) is 66.1 Å². The van der Waals surface area contributed by atoms with Crippen molar-refractivity contribution in [3.63, 3.8) is 0 Å². The fourth-order valence-corrected chi connectivity index (χ4v) is 4.26. The number of carbonyl (C=O) groups excluding carboxylic acids is 3. The first-order valence-electron chi connectivity index (χ1n) is 11.1. The monoisotopic (exact) mass is 494 g/mol. The summed E-state index contributed by atoms with van der Waals surface area (Å²) in [5.74, 6) is 0.223. The molecule has 0 saturated carbocycles. The van der Waals surface area contributed by atoms with Crippen molar-refractivity contribution in [1.82, 2.24) is 30.5 Å². The number of hydrogen-bond acceptors (Lipinski definition) is 7. The van der Waals surface area contributed by atoms with Crippen LogP contribution < -0.4 is 15.5 Å². The number of para-hydroxylation sites is 2. The number of aromatic nitrogens is 3.